The molecule has 5 heteroatoms. The Morgan fingerprint density at radius 2 is 1.91 bits per heavy atom. The minimum atomic E-state index is -0.577. The second-order valence-electron chi connectivity index (χ2n) is 5.33. The Kier molecular flexibility index (Phi) is 5.46. The van der Waals surface area contributed by atoms with E-state index in [9.17, 15) is 14.0 Å². The molecule has 0 saturated heterocycles. The van der Waals surface area contributed by atoms with E-state index in [-0.39, 0.29) is 13.0 Å². The number of anilines is 1. The monoisotopic (exact) mass is 315 g/mol. The molecule has 1 N–H and O–H groups in total. The lowest BCUT2D eigenvalue weighted by Gasteiger charge is -2.10. The van der Waals surface area contributed by atoms with Crippen LogP contribution in [0.5, 0.6) is 0 Å². The minimum Gasteiger partial charge on any atom is -0.455 e. The Labute approximate surface area is 134 Å². The lowest BCUT2D eigenvalue weighted by molar-refractivity contribution is -0.146. The van der Waals surface area contributed by atoms with Gasteiger partial charge in [0, 0.05) is 5.69 Å². The van der Waals surface area contributed by atoms with Gasteiger partial charge in [-0.3, -0.25) is 9.59 Å². The van der Waals surface area contributed by atoms with Crippen molar-refractivity contribution in [3.63, 3.8) is 0 Å². The number of esters is 1. The first-order valence-corrected chi connectivity index (χ1v) is 7.21. The Morgan fingerprint density at radius 1 is 1.13 bits per heavy atom. The van der Waals surface area contributed by atoms with Crippen LogP contribution in [-0.4, -0.2) is 18.5 Å². The molecule has 0 unspecified atom stereocenters. The quantitative estimate of drug-likeness (QED) is 0.862. The van der Waals surface area contributed by atoms with E-state index < -0.39 is 17.7 Å². The highest BCUT2D eigenvalue weighted by Crippen LogP contribution is 2.16. The van der Waals surface area contributed by atoms with Crippen LogP contribution in [-0.2, 0) is 20.7 Å². The van der Waals surface area contributed by atoms with Crippen molar-refractivity contribution in [1.29, 1.82) is 0 Å². The number of halogens is 1. The number of rotatable bonds is 5. The molecule has 2 rings (SSSR count). The smallest absolute Gasteiger partial charge is 0.310 e. The number of aryl methyl sites for hydroxylation is 2. The van der Waals surface area contributed by atoms with Crippen molar-refractivity contribution in [1.82, 2.24) is 0 Å². The number of benzene rings is 2. The molecule has 4 nitrogen and oxygen atoms in total. The molecule has 0 fully saturated rings. The Bertz CT molecular complexity index is 728. The molecule has 0 aliphatic heterocycles. The second-order valence-corrected chi connectivity index (χ2v) is 5.33. The molecule has 0 atom stereocenters. The summed E-state index contributed by atoms with van der Waals surface area (Å²) in [4.78, 5) is 23.5. The van der Waals surface area contributed by atoms with Gasteiger partial charge >= 0.3 is 5.97 Å². The zero-order chi connectivity index (χ0) is 16.8. The predicted molar refractivity (Wildman–Crippen MR) is 85.6 cm³/mol. The maximum atomic E-state index is 13.0. The summed E-state index contributed by atoms with van der Waals surface area (Å²) in [5.74, 6) is -1.40. The van der Waals surface area contributed by atoms with Crippen molar-refractivity contribution < 1.29 is 18.7 Å². The van der Waals surface area contributed by atoms with Gasteiger partial charge in [-0.2, -0.15) is 0 Å². The molecule has 2 aromatic carbocycles. The van der Waals surface area contributed by atoms with E-state index in [2.05, 4.69) is 5.32 Å². The fourth-order valence-electron chi connectivity index (χ4n) is 2.07. The van der Waals surface area contributed by atoms with Gasteiger partial charge in [0.1, 0.15) is 5.82 Å². The predicted octanol–water partition coefficient (Wildman–Crippen LogP) is 3.17. The van der Waals surface area contributed by atoms with Crippen molar-refractivity contribution in [3.8, 4) is 0 Å². The Morgan fingerprint density at radius 3 is 2.65 bits per heavy atom. The van der Waals surface area contributed by atoms with E-state index in [0.29, 0.717) is 11.3 Å². The lowest BCUT2D eigenvalue weighted by Crippen LogP contribution is -2.22. The van der Waals surface area contributed by atoms with Crippen LogP contribution in [0.4, 0.5) is 10.1 Å². The number of carbonyl (C=O) groups is 2. The molecule has 0 radical (unpaired) electrons. The van der Waals surface area contributed by atoms with Gasteiger partial charge in [0.15, 0.2) is 6.61 Å². The average molecular weight is 315 g/mol. The Hall–Kier alpha value is -2.69. The third-order valence-electron chi connectivity index (χ3n) is 3.27. The van der Waals surface area contributed by atoms with Crippen molar-refractivity contribution in [3.05, 3.63) is 65.0 Å². The molecule has 0 bridgehead atoms. The summed E-state index contributed by atoms with van der Waals surface area (Å²) >= 11 is 0. The molecule has 0 heterocycles. The molecule has 0 aliphatic carbocycles. The van der Waals surface area contributed by atoms with Crippen LogP contribution in [0.2, 0.25) is 0 Å². The van der Waals surface area contributed by atoms with Gasteiger partial charge in [0.2, 0.25) is 0 Å². The largest absolute Gasteiger partial charge is 0.455 e. The molecule has 0 saturated carbocycles. The van der Waals surface area contributed by atoms with Crippen LogP contribution < -0.4 is 5.32 Å². The summed E-state index contributed by atoms with van der Waals surface area (Å²) in [6.45, 7) is 3.43. The van der Waals surface area contributed by atoms with E-state index in [1.807, 2.05) is 32.0 Å². The maximum Gasteiger partial charge on any atom is 0.310 e. The summed E-state index contributed by atoms with van der Waals surface area (Å²) in [6.07, 6.45) is -0.0749. The van der Waals surface area contributed by atoms with E-state index in [1.54, 1.807) is 6.07 Å². The third-order valence-corrected chi connectivity index (χ3v) is 3.27. The van der Waals surface area contributed by atoms with Crippen LogP contribution in [0.15, 0.2) is 42.5 Å². The Balaban J connectivity index is 1.84. The number of ether oxygens (including phenoxy) is 1. The van der Waals surface area contributed by atoms with Gasteiger partial charge in [-0.15, -0.1) is 0 Å². The summed E-state index contributed by atoms with van der Waals surface area (Å²) < 4.78 is 17.9. The highest BCUT2D eigenvalue weighted by Gasteiger charge is 2.10. The summed E-state index contributed by atoms with van der Waals surface area (Å²) in [5, 5.41) is 2.70. The van der Waals surface area contributed by atoms with E-state index in [0.717, 1.165) is 11.1 Å². The number of hydrogen-bond donors (Lipinski definition) is 1. The molecular weight excluding hydrogens is 297 g/mol. The van der Waals surface area contributed by atoms with Crippen molar-refractivity contribution in [2.45, 2.75) is 20.3 Å². The second kappa shape index (κ2) is 7.54. The lowest BCUT2D eigenvalue weighted by atomic mass is 10.1. The summed E-state index contributed by atoms with van der Waals surface area (Å²) in [5.41, 5.74) is 3.14. The fourth-order valence-corrected chi connectivity index (χ4v) is 2.07. The first kappa shape index (κ1) is 16.7. The first-order valence-electron chi connectivity index (χ1n) is 7.21. The molecule has 0 spiro atoms. The average Bonchev–Trinajstić information content (AvgIpc) is 2.49. The van der Waals surface area contributed by atoms with Crippen LogP contribution in [0.3, 0.4) is 0 Å². The minimum absolute atomic E-state index is 0.0749. The third kappa shape index (κ3) is 5.21. The van der Waals surface area contributed by atoms with Crippen LogP contribution in [0.25, 0.3) is 0 Å². The van der Waals surface area contributed by atoms with Gasteiger partial charge in [-0.05, 0) is 48.7 Å². The van der Waals surface area contributed by atoms with E-state index in [4.69, 9.17) is 4.74 Å². The standard InChI is InChI=1S/C18H18FNO3/c1-12-6-7-13(2)16(8-12)20-17(21)11-23-18(22)10-14-4-3-5-15(19)9-14/h3-9H,10-11H2,1-2H3,(H,20,21). The number of amides is 1. The van der Waals surface area contributed by atoms with Crippen LogP contribution in [0, 0.1) is 19.7 Å². The van der Waals surface area contributed by atoms with Crippen molar-refractivity contribution in [2.75, 3.05) is 11.9 Å². The van der Waals surface area contributed by atoms with Gasteiger partial charge in [-0.1, -0.05) is 24.3 Å². The highest BCUT2D eigenvalue weighted by molar-refractivity contribution is 5.93. The zero-order valence-corrected chi connectivity index (χ0v) is 13.1. The molecule has 0 aliphatic rings. The van der Waals surface area contributed by atoms with Crippen LogP contribution >= 0.6 is 0 Å². The van der Waals surface area contributed by atoms with Gasteiger partial charge in [0.25, 0.3) is 5.91 Å². The topological polar surface area (TPSA) is 55.4 Å². The first-order chi connectivity index (χ1) is 10.9. The number of hydrogen-bond acceptors (Lipinski definition) is 3. The fraction of sp³-hybridized carbons (Fsp3) is 0.222. The van der Waals surface area contributed by atoms with E-state index >= 15 is 0 Å². The normalized spacial score (nSPS) is 10.2. The molecule has 23 heavy (non-hydrogen) atoms. The number of nitrogens with one attached hydrogen (secondary N) is 1. The van der Waals surface area contributed by atoms with Crippen LogP contribution in [0.1, 0.15) is 16.7 Å². The molecule has 2 aromatic rings. The molecular formula is C18H18FNO3. The van der Waals surface area contributed by atoms with Crippen molar-refractivity contribution in [2.24, 2.45) is 0 Å². The molecule has 0 aromatic heterocycles. The summed E-state index contributed by atoms with van der Waals surface area (Å²) in [7, 11) is 0. The summed E-state index contributed by atoms with van der Waals surface area (Å²) in [6, 6.07) is 11.4. The van der Waals surface area contributed by atoms with Gasteiger partial charge in [-0.25, -0.2) is 4.39 Å². The van der Waals surface area contributed by atoms with Gasteiger partial charge in [0.05, 0.1) is 6.42 Å². The maximum absolute atomic E-state index is 13.0. The molecule has 120 valence electrons. The SMILES string of the molecule is Cc1ccc(C)c(NC(=O)COC(=O)Cc2cccc(F)c2)c1. The molecule has 1 amide bonds. The van der Waals surface area contributed by atoms with E-state index in [1.165, 1.54) is 18.2 Å². The van der Waals surface area contributed by atoms with Crippen molar-refractivity contribution >= 4 is 17.6 Å². The zero-order valence-electron chi connectivity index (χ0n) is 13.1. The number of carbonyl (C=O) groups excluding carboxylic acids is 2. The highest BCUT2D eigenvalue weighted by atomic mass is 19.1. The van der Waals surface area contributed by atoms with Gasteiger partial charge < -0.3 is 10.1 Å².